The first-order valence-corrected chi connectivity index (χ1v) is 11.6. The van der Waals surface area contributed by atoms with E-state index in [1.54, 1.807) is 0 Å². The average Bonchev–Trinajstić information content (AvgIpc) is 3.20. The van der Waals surface area contributed by atoms with Gasteiger partial charge in [-0.3, -0.25) is 4.79 Å². The molecule has 3 rings (SSSR count). The van der Waals surface area contributed by atoms with E-state index >= 15 is 0 Å². The van der Waals surface area contributed by atoms with Crippen molar-refractivity contribution < 1.29 is 33.0 Å². The van der Waals surface area contributed by atoms with Crippen LogP contribution in [0.5, 0.6) is 5.75 Å². The van der Waals surface area contributed by atoms with Crippen molar-refractivity contribution in [1.29, 1.82) is 0 Å². The van der Waals surface area contributed by atoms with Crippen LogP contribution in [0.2, 0.25) is 0 Å². The highest BCUT2D eigenvalue weighted by molar-refractivity contribution is 5.68. The molecule has 0 radical (unpaired) electrons. The molecule has 0 saturated carbocycles. The topological polar surface area (TPSA) is 66.8 Å². The number of aliphatic hydroxyl groups excluding tert-OH is 1. The van der Waals surface area contributed by atoms with E-state index in [9.17, 15) is 18.7 Å². The molecule has 0 saturated heterocycles. The van der Waals surface area contributed by atoms with Gasteiger partial charge in [0.1, 0.15) is 19.3 Å². The van der Waals surface area contributed by atoms with E-state index in [1.807, 2.05) is 14.1 Å². The van der Waals surface area contributed by atoms with Gasteiger partial charge in [-0.05, 0) is 47.6 Å². The van der Waals surface area contributed by atoms with Gasteiger partial charge in [0.05, 0.1) is 27.1 Å². The first kappa shape index (κ1) is 25.8. The highest BCUT2D eigenvalue weighted by Gasteiger charge is 2.27. The molecule has 0 fully saturated rings. The maximum atomic E-state index is 14.3. The summed E-state index contributed by atoms with van der Waals surface area (Å²) in [5, 5.41) is 19.6. The van der Waals surface area contributed by atoms with Crippen LogP contribution in [0.15, 0.2) is 49.1 Å². The van der Waals surface area contributed by atoms with Crippen molar-refractivity contribution in [2.24, 2.45) is 5.92 Å². The van der Waals surface area contributed by atoms with Crippen LogP contribution in [-0.4, -0.2) is 60.6 Å². The van der Waals surface area contributed by atoms with Gasteiger partial charge >= 0.3 is 5.97 Å². The second kappa shape index (κ2) is 11.1. The van der Waals surface area contributed by atoms with E-state index in [-0.39, 0.29) is 24.3 Å². The van der Waals surface area contributed by atoms with Crippen LogP contribution in [0.25, 0.3) is 0 Å². The Labute approximate surface area is 199 Å². The maximum absolute atomic E-state index is 14.3. The number of ether oxygens (including phenoxy) is 1. The molecule has 7 heteroatoms. The average molecular weight is 475 g/mol. The van der Waals surface area contributed by atoms with Gasteiger partial charge in [0, 0.05) is 12.3 Å². The van der Waals surface area contributed by atoms with E-state index in [2.05, 4.69) is 30.8 Å². The Balaban J connectivity index is 1.54. The SMILES string of the molecule is C=CC(CC(=O)O)c1cc(F)c(F)c(OC[C@H](O)C[N+](C)(C)CCC2Cc3ccccc3C2)c1. The molecule has 0 bridgehead atoms. The Morgan fingerprint density at radius 2 is 1.88 bits per heavy atom. The molecular formula is C27H34F2NO4+. The molecule has 2 atom stereocenters. The highest BCUT2D eigenvalue weighted by atomic mass is 19.2. The van der Waals surface area contributed by atoms with Crippen LogP contribution in [0.3, 0.4) is 0 Å². The number of quaternary nitrogens is 1. The molecule has 5 nitrogen and oxygen atoms in total. The van der Waals surface area contributed by atoms with Gasteiger partial charge in [0.25, 0.3) is 0 Å². The Morgan fingerprint density at radius 1 is 1.24 bits per heavy atom. The van der Waals surface area contributed by atoms with Crippen LogP contribution < -0.4 is 4.74 Å². The molecule has 34 heavy (non-hydrogen) atoms. The summed E-state index contributed by atoms with van der Waals surface area (Å²) in [6.45, 7) is 4.66. The maximum Gasteiger partial charge on any atom is 0.304 e. The lowest BCUT2D eigenvalue weighted by atomic mass is 9.95. The molecule has 0 spiro atoms. The van der Waals surface area contributed by atoms with E-state index < -0.39 is 29.6 Å². The number of carboxylic acids is 1. The number of aliphatic hydroxyl groups is 1. The smallest absolute Gasteiger partial charge is 0.304 e. The van der Waals surface area contributed by atoms with Crippen LogP contribution >= 0.6 is 0 Å². The summed E-state index contributed by atoms with van der Waals surface area (Å²) in [5.74, 6) is -3.81. The fourth-order valence-corrected chi connectivity index (χ4v) is 4.71. The van der Waals surface area contributed by atoms with Gasteiger partial charge in [-0.1, -0.05) is 30.3 Å². The third-order valence-electron chi connectivity index (χ3n) is 6.54. The standard InChI is InChI=1S/C27H33F2NO4/c1-4-19(15-26(32)33)22-13-24(28)27(29)25(14-22)34-17-23(31)16-30(2,3)10-9-18-11-20-7-5-6-8-21(20)12-18/h4-8,13-14,18-19,23,31H,1,9-12,15-17H2,2-3H3/p+1/t19?,23-/m1/s1. The Hall–Kier alpha value is -2.77. The second-order valence-corrected chi connectivity index (χ2v) is 9.89. The zero-order valence-corrected chi connectivity index (χ0v) is 19.8. The van der Waals surface area contributed by atoms with E-state index in [4.69, 9.17) is 9.84 Å². The number of hydrogen-bond donors (Lipinski definition) is 2. The van der Waals surface area contributed by atoms with Crippen molar-refractivity contribution in [2.75, 3.05) is 33.8 Å². The zero-order valence-electron chi connectivity index (χ0n) is 19.8. The molecular weight excluding hydrogens is 440 g/mol. The summed E-state index contributed by atoms with van der Waals surface area (Å²) >= 11 is 0. The molecule has 1 aliphatic carbocycles. The summed E-state index contributed by atoms with van der Waals surface area (Å²) in [6, 6.07) is 10.8. The lowest BCUT2D eigenvalue weighted by Crippen LogP contribution is -2.48. The minimum Gasteiger partial charge on any atom is -0.487 e. The first-order valence-electron chi connectivity index (χ1n) is 11.6. The van der Waals surface area contributed by atoms with Gasteiger partial charge in [-0.15, -0.1) is 6.58 Å². The van der Waals surface area contributed by atoms with Crippen LogP contribution in [-0.2, 0) is 17.6 Å². The Kier molecular flexibility index (Phi) is 8.44. The monoisotopic (exact) mass is 474 g/mol. The van der Waals surface area contributed by atoms with Gasteiger partial charge in [0.2, 0.25) is 5.82 Å². The minimum absolute atomic E-state index is 0.200. The molecule has 2 aromatic carbocycles. The highest BCUT2D eigenvalue weighted by Crippen LogP contribution is 2.30. The Bertz CT molecular complexity index is 999. The largest absolute Gasteiger partial charge is 0.487 e. The van der Waals surface area contributed by atoms with Crippen molar-refractivity contribution in [1.82, 2.24) is 0 Å². The number of nitrogens with zero attached hydrogens (tertiary/aromatic N) is 1. The molecule has 184 valence electrons. The minimum atomic E-state index is -1.16. The number of aliphatic carboxylic acids is 1. The van der Waals surface area contributed by atoms with Gasteiger partial charge in [-0.25, -0.2) is 4.39 Å². The van der Waals surface area contributed by atoms with E-state index in [1.165, 1.54) is 23.3 Å². The first-order chi connectivity index (χ1) is 16.1. The number of benzene rings is 2. The van der Waals surface area contributed by atoms with Crippen LogP contribution in [0.1, 0.15) is 35.4 Å². The molecule has 0 aromatic heterocycles. The van der Waals surface area contributed by atoms with Crippen molar-refractivity contribution in [3.05, 3.63) is 77.4 Å². The third kappa shape index (κ3) is 6.87. The number of carboxylic acid groups (broad SMARTS) is 1. The summed E-state index contributed by atoms with van der Waals surface area (Å²) in [7, 11) is 4.07. The van der Waals surface area contributed by atoms with Crippen molar-refractivity contribution in [3.63, 3.8) is 0 Å². The molecule has 2 aromatic rings. The number of likely N-dealkylation sites (N-methyl/N-ethyl adjacent to an activating group) is 1. The van der Waals surface area contributed by atoms with E-state index in [0.717, 1.165) is 31.9 Å². The molecule has 1 unspecified atom stereocenters. The van der Waals surface area contributed by atoms with E-state index in [0.29, 0.717) is 16.9 Å². The van der Waals surface area contributed by atoms with Crippen LogP contribution in [0.4, 0.5) is 8.78 Å². The molecule has 0 aliphatic heterocycles. The fourth-order valence-electron chi connectivity index (χ4n) is 4.71. The molecule has 0 heterocycles. The quantitative estimate of drug-likeness (QED) is 0.355. The molecule has 1 aliphatic rings. The Morgan fingerprint density at radius 3 is 2.47 bits per heavy atom. The molecule has 0 amide bonds. The fraction of sp³-hybridized carbons (Fsp3) is 0.444. The normalized spacial score (nSPS) is 15.6. The number of fused-ring (bicyclic) bond motifs is 1. The summed E-state index contributed by atoms with van der Waals surface area (Å²) in [6.07, 6.45) is 3.39. The van der Waals surface area contributed by atoms with Gasteiger partial charge in [-0.2, -0.15) is 4.39 Å². The lowest BCUT2D eigenvalue weighted by molar-refractivity contribution is -0.894. The van der Waals surface area contributed by atoms with Crippen molar-refractivity contribution in [2.45, 2.75) is 37.7 Å². The van der Waals surface area contributed by atoms with Crippen molar-refractivity contribution >= 4 is 5.97 Å². The predicted molar refractivity (Wildman–Crippen MR) is 127 cm³/mol. The number of carbonyl (C=O) groups is 1. The van der Waals surface area contributed by atoms with Crippen molar-refractivity contribution in [3.8, 4) is 5.75 Å². The summed E-state index contributed by atoms with van der Waals surface area (Å²) < 4.78 is 34.4. The number of allylic oxidation sites excluding steroid dienone is 1. The van der Waals surface area contributed by atoms with Gasteiger partial charge in [0.15, 0.2) is 11.6 Å². The predicted octanol–water partition coefficient (Wildman–Crippen LogP) is 4.33. The number of halogens is 2. The molecule has 2 N–H and O–H groups in total. The zero-order chi connectivity index (χ0) is 24.9. The third-order valence-corrected chi connectivity index (χ3v) is 6.54. The second-order valence-electron chi connectivity index (χ2n) is 9.89. The summed E-state index contributed by atoms with van der Waals surface area (Å²) in [4.78, 5) is 11.0. The van der Waals surface area contributed by atoms with Gasteiger partial charge < -0.3 is 19.4 Å². The summed E-state index contributed by atoms with van der Waals surface area (Å²) in [5.41, 5.74) is 3.10. The number of hydrogen-bond acceptors (Lipinski definition) is 3. The number of rotatable bonds is 12. The van der Waals surface area contributed by atoms with Crippen LogP contribution in [0, 0.1) is 17.6 Å². The lowest BCUT2D eigenvalue weighted by Gasteiger charge is -2.32.